The molecule has 1 saturated heterocycles. The predicted octanol–water partition coefficient (Wildman–Crippen LogP) is 5.57. The molecule has 7 heteroatoms. The summed E-state index contributed by atoms with van der Waals surface area (Å²) in [6.07, 6.45) is 0. The van der Waals surface area contributed by atoms with Crippen molar-refractivity contribution >= 4 is 33.1 Å². The number of hydrogen-bond donors (Lipinski definition) is 0. The average Bonchev–Trinajstić information content (AvgIpc) is 3.14. The van der Waals surface area contributed by atoms with Gasteiger partial charge in [-0.1, -0.05) is 83.9 Å². The third-order valence-corrected chi connectivity index (χ3v) is 8.82. The number of para-hydroxylation sites is 1. The van der Waals surface area contributed by atoms with Gasteiger partial charge in [0.05, 0.1) is 10.8 Å². The maximum atomic E-state index is 14.3. The van der Waals surface area contributed by atoms with Gasteiger partial charge in [-0.15, -0.1) is 4.40 Å². The first-order valence-corrected chi connectivity index (χ1v) is 13.9. The van der Waals surface area contributed by atoms with Crippen LogP contribution >= 0.6 is 0 Å². The van der Waals surface area contributed by atoms with E-state index >= 15 is 0 Å². The van der Waals surface area contributed by atoms with Gasteiger partial charge in [-0.25, -0.2) is 0 Å². The van der Waals surface area contributed by atoms with Crippen molar-refractivity contribution < 1.29 is 13.2 Å². The molecule has 0 unspecified atom stereocenters. The van der Waals surface area contributed by atoms with Crippen LogP contribution in [0.25, 0.3) is 0 Å². The van der Waals surface area contributed by atoms with Crippen molar-refractivity contribution in [2.75, 3.05) is 16.8 Å². The smallest absolute Gasteiger partial charge is 0.283 e. The van der Waals surface area contributed by atoms with Crippen LogP contribution in [0, 0.1) is 13.8 Å². The maximum Gasteiger partial charge on any atom is 0.283 e. The molecule has 0 aromatic heterocycles. The molecule has 38 heavy (non-hydrogen) atoms. The lowest BCUT2D eigenvalue weighted by Crippen LogP contribution is -2.71. The third-order valence-electron chi connectivity index (χ3n) is 7.52. The maximum absolute atomic E-state index is 14.3. The molecule has 2 aliphatic rings. The number of likely N-dealkylation sites (N-methyl/N-ethyl adjacent to an activating group) is 1. The Bertz CT molecular complexity index is 1680. The molecule has 1 spiro atoms. The first-order valence-electron chi connectivity index (χ1n) is 12.5. The molecule has 190 valence electrons. The van der Waals surface area contributed by atoms with Gasteiger partial charge < -0.3 is 9.80 Å². The van der Waals surface area contributed by atoms with E-state index in [-0.39, 0.29) is 10.8 Å². The molecule has 2 aliphatic heterocycles. The van der Waals surface area contributed by atoms with Crippen molar-refractivity contribution in [3.8, 4) is 0 Å². The zero-order chi connectivity index (χ0) is 26.7. The number of carbonyl (C=O) groups is 1. The summed E-state index contributed by atoms with van der Waals surface area (Å²) in [4.78, 5) is 17.9. The van der Waals surface area contributed by atoms with Crippen molar-refractivity contribution in [1.29, 1.82) is 0 Å². The van der Waals surface area contributed by atoms with Crippen LogP contribution in [0.4, 0.5) is 11.4 Å². The summed E-state index contributed by atoms with van der Waals surface area (Å²) in [6.45, 7) is 3.89. The van der Waals surface area contributed by atoms with Gasteiger partial charge in [-0.2, -0.15) is 8.42 Å². The van der Waals surface area contributed by atoms with Crippen LogP contribution in [-0.4, -0.2) is 27.2 Å². The Morgan fingerprint density at radius 1 is 0.763 bits per heavy atom. The number of benzene rings is 4. The summed E-state index contributed by atoms with van der Waals surface area (Å²) in [6, 6.07) is 31.7. The largest absolute Gasteiger partial charge is 0.313 e. The van der Waals surface area contributed by atoms with E-state index in [0.29, 0.717) is 11.5 Å². The van der Waals surface area contributed by atoms with E-state index in [2.05, 4.69) is 4.40 Å². The lowest BCUT2D eigenvalue weighted by atomic mass is 9.65. The second-order valence-electron chi connectivity index (χ2n) is 9.90. The van der Waals surface area contributed by atoms with Crippen LogP contribution in [0.1, 0.15) is 28.2 Å². The van der Waals surface area contributed by atoms with E-state index in [1.54, 1.807) is 36.2 Å². The minimum atomic E-state index is -4.06. The molecule has 6 nitrogen and oxygen atoms in total. The fraction of sp³-hybridized carbons (Fsp3) is 0.161. The van der Waals surface area contributed by atoms with Crippen LogP contribution in [-0.2, 0) is 20.4 Å². The van der Waals surface area contributed by atoms with Gasteiger partial charge in [0.25, 0.3) is 15.9 Å². The van der Waals surface area contributed by atoms with Crippen molar-refractivity contribution in [1.82, 2.24) is 0 Å². The van der Waals surface area contributed by atoms with Gasteiger partial charge in [0.15, 0.2) is 5.54 Å². The Morgan fingerprint density at radius 2 is 1.34 bits per heavy atom. The molecule has 0 aliphatic carbocycles. The van der Waals surface area contributed by atoms with E-state index in [4.69, 9.17) is 0 Å². The second kappa shape index (κ2) is 8.67. The Morgan fingerprint density at radius 3 is 2.00 bits per heavy atom. The normalized spacial score (nSPS) is 21.6. The number of anilines is 2. The lowest BCUT2D eigenvalue weighted by molar-refractivity contribution is -0.123. The summed E-state index contributed by atoms with van der Waals surface area (Å²) in [5, 5.41) is 0. The zero-order valence-electron chi connectivity index (χ0n) is 21.4. The highest BCUT2D eigenvalue weighted by atomic mass is 32.2. The number of amides is 1. The van der Waals surface area contributed by atoms with Gasteiger partial charge in [-0.05, 0) is 49.7 Å². The molecule has 4 aromatic rings. The van der Waals surface area contributed by atoms with E-state index in [1.165, 1.54) is 0 Å². The van der Waals surface area contributed by atoms with Gasteiger partial charge in [0.2, 0.25) is 0 Å². The molecule has 6 rings (SSSR count). The fourth-order valence-electron chi connectivity index (χ4n) is 5.67. The summed E-state index contributed by atoms with van der Waals surface area (Å²) in [5.74, 6) is -0.414. The summed E-state index contributed by atoms with van der Waals surface area (Å²) >= 11 is 0. The highest BCUT2D eigenvalue weighted by molar-refractivity contribution is 7.90. The monoisotopic (exact) mass is 521 g/mol. The highest BCUT2D eigenvalue weighted by Crippen LogP contribution is 2.60. The fourth-order valence-corrected chi connectivity index (χ4v) is 6.69. The first-order chi connectivity index (χ1) is 18.2. The van der Waals surface area contributed by atoms with Gasteiger partial charge in [0, 0.05) is 24.0 Å². The Hall–Kier alpha value is -4.23. The van der Waals surface area contributed by atoms with Crippen LogP contribution in [0.3, 0.4) is 0 Å². The van der Waals surface area contributed by atoms with Crippen LogP contribution < -0.4 is 9.80 Å². The first kappa shape index (κ1) is 24.1. The standard InChI is InChI=1S/C31H27N3O3S/c1-21-13-17-24(18-14-21)34-29(32-38(36,37)25-19-15-22(2)16-20-25)28(23-9-5-4-6-10-23)31(34)26-11-7-8-12-27(26)33(3)30(31)35/h4-20,28H,1-3H3/b32-29+/t28-,31+/m0/s1. The van der Waals surface area contributed by atoms with Crippen molar-refractivity contribution in [2.24, 2.45) is 4.40 Å². The van der Waals surface area contributed by atoms with E-state index in [1.807, 2.05) is 97.6 Å². The van der Waals surface area contributed by atoms with Crippen molar-refractivity contribution in [3.05, 3.63) is 125 Å². The number of carbonyl (C=O) groups excluding carboxylic acids is 1. The third kappa shape index (κ3) is 3.42. The molecule has 4 aromatic carbocycles. The van der Waals surface area contributed by atoms with Crippen molar-refractivity contribution in [2.45, 2.75) is 30.2 Å². The van der Waals surface area contributed by atoms with E-state index in [9.17, 15) is 13.2 Å². The molecule has 0 N–H and O–H groups in total. The summed E-state index contributed by atoms with van der Waals surface area (Å²) < 4.78 is 31.7. The number of sulfonamides is 1. The minimum absolute atomic E-state index is 0.113. The molecular weight excluding hydrogens is 494 g/mol. The number of hydrogen-bond acceptors (Lipinski definition) is 3. The second-order valence-corrected chi connectivity index (χ2v) is 11.5. The molecule has 2 heterocycles. The number of nitrogens with zero attached hydrogens (tertiary/aromatic N) is 3. The summed E-state index contributed by atoms with van der Waals surface area (Å²) in [5.41, 5.74) is 4.00. The molecule has 1 fully saturated rings. The predicted molar refractivity (Wildman–Crippen MR) is 150 cm³/mol. The Labute approximate surface area is 222 Å². The number of rotatable bonds is 4. The molecule has 0 bridgehead atoms. The van der Waals surface area contributed by atoms with Crippen LogP contribution in [0.2, 0.25) is 0 Å². The van der Waals surface area contributed by atoms with E-state index < -0.39 is 21.5 Å². The average molecular weight is 522 g/mol. The van der Waals surface area contributed by atoms with Crippen LogP contribution in [0.5, 0.6) is 0 Å². The number of amidine groups is 1. The Balaban J connectivity index is 1.65. The van der Waals surface area contributed by atoms with Crippen LogP contribution in [0.15, 0.2) is 112 Å². The molecule has 0 saturated carbocycles. The number of aryl methyl sites for hydroxylation is 2. The van der Waals surface area contributed by atoms with Crippen molar-refractivity contribution in [3.63, 3.8) is 0 Å². The molecule has 2 atom stereocenters. The Kier molecular flexibility index (Phi) is 5.50. The minimum Gasteiger partial charge on any atom is -0.313 e. The quantitative estimate of drug-likeness (QED) is 0.352. The highest BCUT2D eigenvalue weighted by Gasteiger charge is 2.69. The summed E-state index contributed by atoms with van der Waals surface area (Å²) in [7, 11) is -2.29. The lowest BCUT2D eigenvalue weighted by Gasteiger charge is -2.57. The molecule has 0 radical (unpaired) electrons. The van der Waals surface area contributed by atoms with Gasteiger partial charge in [0.1, 0.15) is 5.84 Å². The van der Waals surface area contributed by atoms with Gasteiger partial charge >= 0.3 is 0 Å². The SMILES string of the molecule is Cc1ccc(N2/C(=N/S(=O)(=O)c3ccc(C)cc3)[C@H](c3ccccc3)[C@]23C(=O)N(C)c2ccccc23)cc1. The topological polar surface area (TPSA) is 70.0 Å². The van der Waals surface area contributed by atoms with Gasteiger partial charge in [-0.3, -0.25) is 4.79 Å². The zero-order valence-corrected chi connectivity index (χ0v) is 22.2. The molecule has 1 amide bonds. The molecular formula is C31H27N3O3S. The van der Waals surface area contributed by atoms with E-state index in [0.717, 1.165) is 27.9 Å². The number of fused-ring (bicyclic) bond motifs is 2.